The Hall–Kier alpha value is -0.610. The van der Waals surface area contributed by atoms with Gasteiger partial charge in [-0.05, 0) is 45.1 Å². The van der Waals surface area contributed by atoms with E-state index in [0.717, 1.165) is 51.9 Å². The van der Waals surface area contributed by atoms with Crippen LogP contribution in [0, 0.1) is 5.92 Å². The van der Waals surface area contributed by atoms with Crippen molar-refractivity contribution in [2.24, 2.45) is 5.92 Å². The van der Waals surface area contributed by atoms with Crippen molar-refractivity contribution >= 4 is 5.91 Å². The molecule has 0 aromatic rings. The van der Waals surface area contributed by atoms with E-state index in [1.54, 1.807) is 0 Å². The molecule has 2 unspecified atom stereocenters. The first-order valence-electron chi connectivity index (χ1n) is 7.86. The van der Waals surface area contributed by atoms with Gasteiger partial charge in [-0.25, -0.2) is 0 Å². The van der Waals surface area contributed by atoms with Gasteiger partial charge in [0, 0.05) is 26.2 Å². The quantitative estimate of drug-likeness (QED) is 0.843. The van der Waals surface area contributed by atoms with Crippen molar-refractivity contribution in [2.45, 2.75) is 51.5 Å². The maximum atomic E-state index is 12.6. The van der Waals surface area contributed by atoms with Crippen molar-refractivity contribution in [3.63, 3.8) is 0 Å². The number of aliphatic hydroxyl groups excluding tert-OH is 1. The van der Waals surface area contributed by atoms with Gasteiger partial charge in [-0.2, -0.15) is 0 Å². The summed E-state index contributed by atoms with van der Waals surface area (Å²) in [5.41, 5.74) is 0. The standard InChI is InChI=1S/C15H28N2O2/c1-13(17-10-6-7-14(11-17)12-18)15(19)16-8-4-2-3-5-9-16/h13-14,18H,2-12H2,1H3. The maximum Gasteiger partial charge on any atom is 0.239 e. The van der Waals surface area contributed by atoms with Crippen molar-refractivity contribution in [2.75, 3.05) is 32.8 Å². The second-order valence-electron chi connectivity index (χ2n) is 6.10. The van der Waals surface area contributed by atoms with Crippen LogP contribution in [0.25, 0.3) is 0 Å². The van der Waals surface area contributed by atoms with Crippen LogP contribution in [0.2, 0.25) is 0 Å². The first-order chi connectivity index (χ1) is 9.22. The second kappa shape index (κ2) is 7.25. The number of hydrogen-bond donors (Lipinski definition) is 1. The molecule has 0 saturated carbocycles. The molecule has 19 heavy (non-hydrogen) atoms. The third-order valence-electron chi connectivity index (χ3n) is 4.63. The minimum atomic E-state index is -0.0209. The van der Waals surface area contributed by atoms with Crippen LogP contribution in [0.15, 0.2) is 0 Å². The minimum Gasteiger partial charge on any atom is -0.396 e. The van der Waals surface area contributed by atoms with Crippen molar-refractivity contribution < 1.29 is 9.90 Å². The molecule has 2 aliphatic rings. The van der Waals surface area contributed by atoms with E-state index >= 15 is 0 Å². The van der Waals surface area contributed by atoms with Crippen LogP contribution >= 0.6 is 0 Å². The lowest BCUT2D eigenvalue weighted by Gasteiger charge is -2.37. The fourth-order valence-corrected chi connectivity index (χ4v) is 3.31. The summed E-state index contributed by atoms with van der Waals surface area (Å²) >= 11 is 0. The predicted octanol–water partition coefficient (Wildman–Crippen LogP) is 1.48. The first-order valence-corrected chi connectivity index (χ1v) is 7.86. The van der Waals surface area contributed by atoms with Gasteiger partial charge >= 0.3 is 0 Å². The highest BCUT2D eigenvalue weighted by molar-refractivity contribution is 5.81. The van der Waals surface area contributed by atoms with Gasteiger partial charge in [-0.3, -0.25) is 9.69 Å². The largest absolute Gasteiger partial charge is 0.396 e. The Balaban J connectivity index is 1.89. The Bertz CT molecular complexity index is 288. The predicted molar refractivity (Wildman–Crippen MR) is 75.9 cm³/mol. The molecule has 0 aromatic heterocycles. The highest BCUT2D eigenvalue weighted by Crippen LogP contribution is 2.20. The zero-order chi connectivity index (χ0) is 13.7. The van der Waals surface area contributed by atoms with Gasteiger partial charge in [-0.1, -0.05) is 12.8 Å². The molecule has 2 saturated heterocycles. The number of aliphatic hydroxyl groups is 1. The topological polar surface area (TPSA) is 43.8 Å². The number of likely N-dealkylation sites (tertiary alicyclic amines) is 2. The van der Waals surface area contributed by atoms with Gasteiger partial charge in [0.25, 0.3) is 0 Å². The molecule has 0 bridgehead atoms. The van der Waals surface area contributed by atoms with E-state index in [9.17, 15) is 9.90 Å². The summed E-state index contributed by atoms with van der Waals surface area (Å²) < 4.78 is 0. The van der Waals surface area contributed by atoms with E-state index in [-0.39, 0.29) is 12.6 Å². The van der Waals surface area contributed by atoms with Gasteiger partial charge < -0.3 is 10.0 Å². The average Bonchev–Trinajstić information content (AvgIpc) is 2.75. The maximum absolute atomic E-state index is 12.6. The van der Waals surface area contributed by atoms with E-state index in [2.05, 4.69) is 9.80 Å². The van der Waals surface area contributed by atoms with Crippen LogP contribution in [-0.4, -0.2) is 59.6 Å². The van der Waals surface area contributed by atoms with Gasteiger partial charge in [0.1, 0.15) is 0 Å². The number of piperidine rings is 1. The summed E-state index contributed by atoms with van der Waals surface area (Å²) in [6.07, 6.45) is 7.01. The van der Waals surface area contributed by atoms with E-state index in [4.69, 9.17) is 0 Å². The SMILES string of the molecule is CC(C(=O)N1CCCCCC1)N1CCCC(CO)C1. The molecule has 2 aliphatic heterocycles. The number of carbonyl (C=O) groups excluding carboxylic acids is 1. The second-order valence-corrected chi connectivity index (χ2v) is 6.10. The third kappa shape index (κ3) is 3.93. The molecule has 0 aromatic carbocycles. The van der Waals surface area contributed by atoms with Crippen LogP contribution in [0.1, 0.15) is 45.4 Å². The first kappa shape index (κ1) is 14.8. The lowest BCUT2D eigenvalue weighted by atomic mass is 9.97. The molecule has 4 heteroatoms. The molecule has 0 spiro atoms. The molecule has 4 nitrogen and oxygen atoms in total. The van der Waals surface area contributed by atoms with E-state index in [1.165, 1.54) is 12.8 Å². The van der Waals surface area contributed by atoms with Gasteiger partial charge in [0.15, 0.2) is 0 Å². The van der Waals surface area contributed by atoms with Crippen LogP contribution in [0.3, 0.4) is 0 Å². The number of hydrogen-bond acceptors (Lipinski definition) is 3. The van der Waals surface area contributed by atoms with Gasteiger partial charge in [0.2, 0.25) is 5.91 Å². The average molecular weight is 268 g/mol. The van der Waals surface area contributed by atoms with Crippen molar-refractivity contribution in [3.05, 3.63) is 0 Å². The molecule has 1 amide bonds. The van der Waals surface area contributed by atoms with Crippen LogP contribution < -0.4 is 0 Å². The van der Waals surface area contributed by atoms with Gasteiger partial charge in [-0.15, -0.1) is 0 Å². The van der Waals surface area contributed by atoms with Crippen LogP contribution in [0.5, 0.6) is 0 Å². The fraction of sp³-hybridized carbons (Fsp3) is 0.933. The normalized spacial score (nSPS) is 27.9. The van der Waals surface area contributed by atoms with E-state index in [0.29, 0.717) is 11.8 Å². The Kier molecular flexibility index (Phi) is 5.64. The highest BCUT2D eigenvalue weighted by atomic mass is 16.3. The van der Waals surface area contributed by atoms with Crippen LogP contribution in [0.4, 0.5) is 0 Å². The zero-order valence-electron chi connectivity index (χ0n) is 12.2. The van der Waals surface area contributed by atoms with E-state index in [1.807, 2.05) is 6.92 Å². The highest BCUT2D eigenvalue weighted by Gasteiger charge is 2.29. The summed E-state index contributed by atoms with van der Waals surface area (Å²) in [6, 6.07) is -0.0209. The Morgan fingerprint density at radius 3 is 2.47 bits per heavy atom. The monoisotopic (exact) mass is 268 g/mol. The third-order valence-corrected chi connectivity index (χ3v) is 4.63. The Morgan fingerprint density at radius 1 is 1.16 bits per heavy atom. The van der Waals surface area contributed by atoms with Crippen molar-refractivity contribution in [1.29, 1.82) is 0 Å². The molecule has 0 aliphatic carbocycles. The number of amides is 1. The minimum absolute atomic E-state index is 0.0209. The molecule has 1 N–H and O–H groups in total. The molecular formula is C15H28N2O2. The summed E-state index contributed by atoms with van der Waals surface area (Å²) in [5, 5.41) is 9.29. The molecule has 2 heterocycles. The fourth-order valence-electron chi connectivity index (χ4n) is 3.31. The number of nitrogens with zero attached hydrogens (tertiary/aromatic N) is 2. The molecule has 2 rings (SSSR count). The zero-order valence-corrected chi connectivity index (χ0v) is 12.2. The lowest BCUT2D eigenvalue weighted by molar-refractivity contribution is -0.137. The smallest absolute Gasteiger partial charge is 0.239 e. The summed E-state index contributed by atoms with van der Waals surface area (Å²) in [5.74, 6) is 0.647. The van der Waals surface area contributed by atoms with Crippen molar-refractivity contribution in [3.8, 4) is 0 Å². The van der Waals surface area contributed by atoms with Gasteiger partial charge in [0.05, 0.1) is 6.04 Å². The summed E-state index contributed by atoms with van der Waals surface area (Å²) in [6.45, 7) is 6.02. The Morgan fingerprint density at radius 2 is 1.84 bits per heavy atom. The number of carbonyl (C=O) groups is 1. The molecular weight excluding hydrogens is 240 g/mol. The molecule has 2 fully saturated rings. The molecule has 0 radical (unpaired) electrons. The summed E-state index contributed by atoms with van der Waals surface area (Å²) in [4.78, 5) is 16.9. The number of rotatable bonds is 3. The lowest BCUT2D eigenvalue weighted by Crippen LogP contribution is -2.51. The van der Waals surface area contributed by atoms with Crippen molar-refractivity contribution in [1.82, 2.24) is 9.80 Å². The van der Waals surface area contributed by atoms with Crippen LogP contribution in [-0.2, 0) is 4.79 Å². The Labute approximate surface area is 116 Å². The summed E-state index contributed by atoms with van der Waals surface area (Å²) in [7, 11) is 0. The molecule has 2 atom stereocenters. The molecule has 110 valence electrons. The van der Waals surface area contributed by atoms with E-state index < -0.39 is 0 Å².